The third-order valence-electron chi connectivity index (χ3n) is 2.34. The Morgan fingerprint density at radius 2 is 2.07 bits per heavy atom. The van der Waals surface area contributed by atoms with Crippen LogP contribution in [0.3, 0.4) is 0 Å². The lowest BCUT2D eigenvalue weighted by Crippen LogP contribution is -2.21. The minimum atomic E-state index is 0.570. The molecule has 1 rings (SSSR count). The van der Waals surface area contributed by atoms with Gasteiger partial charge in [-0.15, -0.1) is 0 Å². The molecule has 0 aliphatic heterocycles. The Balaban J connectivity index is 2.60. The first kappa shape index (κ1) is 12.8. The van der Waals surface area contributed by atoms with E-state index in [9.17, 15) is 0 Å². The van der Waals surface area contributed by atoms with Gasteiger partial charge in [0.15, 0.2) is 0 Å². The van der Waals surface area contributed by atoms with Crippen LogP contribution in [0.15, 0.2) is 18.2 Å². The van der Waals surface area contributed by atoms with Gasteiger partial charge in [-0.3, -0.25) is 0 Å². The van der Waals surface area contributed by atoms with Gasteiger partial charge in [-0.25, -0.2) is 0 Å². The van der Waals surface area contributed by atoms with Crippen molar-refractivity contribution in [2.75, 3.05) is 13.1 Å². The van der Waals surface area contributed by atoms with Crippen LogP contribution in [0.25, 0.3) is 0 Å². The topological polar surface area (TPSA) is 12.0 Å². The fourth-order valence-corrected chi connectivity index (χ4v) is 1.94. The summed E-state index contributed by atoms with van der Waals surface area (Å²) < 4.78 is 0. The second-order valence-corrected chi connectivity index (χ2v) is 4.62. The van der Waals surface area contributed by atoms with Gasteiger partial charge in [0, 0.05) is 0 Å². The standard InChI is InChI=1S/C12H17Cl2N/c1-3-15-8-9(2)7-10-5-4-6-11(13)12(10)14/h4-6,9,15H,3,7-8H2,1-2H3. The molecular weight excluding hydrogens is 229 g/mol. The van der Waals surface area contributed by atoms with Crippen LogP contribution < -0.4 is 5.32 Å². The Hall–Kier alpha value is -0.240. The largest absolute Gasteiger partial charge is 0.317 e. The molecule has 0 aliphatic rings. The minimum absolute atomic E-state index is 0.570. The van der Waals surface area contributed by atoms with Crippen LogP contribution in [0.5, 0.6) is 0 Å². The first-order valence-corrected chi connectivity index (χ1v) is 6.04. The third kappa shape index (κ3) is 4.02. The average molecular weight is 246 g/mol. The van der Waals surface area contributed by atoms with E-state index in [1.165, 1.54) is 0 Å². The van der Waals surface area contributed by atoms with E-state index >= 15 is 0 Å². The average Bonchev–Trinajstić information content (AvgIpc) is 2.22. The lowest BCUT2D eigenvalue weighted by molar-refractivity contribution is 0.521. The molecule has 1 N–H and O–H groups in total. The Bertz CT molecular complexity index is 312. The molecule has 0 fully saturated rings. The summed E-state index contributed by atoms with van der Waals surface area (Å²) >= 11 is 12.1. The molecule has 1 unspecified atom stereocenters. The maximum absolute atomic E-state index is 6.12. The Labute approximate surface area is 102 Å². The van der Waals surface area contributed by atoms with Crippen LogP contribution in [0.1, 0.15) is 19.4 Å². The highest BCUT2D eigenvalue weighted by molar-refractivity contribution is 6.42. The van der Waals surface area contributed by atoms with E-state index in [1.807, 2.05) is 18.2 Å². The molecule has 0 aromatic heterocycles. The summed E-state index contributed by atoms with van der Waals surface area (Å²) in [5, 5.41) is 4.67. The monoisotopic (exact) mass is 245 g/mol. The van der Waals surface area contributed by atoms with E-state index in [-0.39, 0.29) is 0 Å². The predicted molar refractivity (Wildman–Crippen MR) is 67.9 cm³/mol. The summed E-state index contributed by atoms with van der Waals surface area (Å²) in [6.07, 6.45) is 0.965. The van der Waals surface area contributed by atoms with Crippen LogP contribution in [0, 0.1) is 5.92 Å². The van der Waals surface area contributed by atoms with Crippen molar-refractivity contribution in [3.8, 4) is 0 Å². The van der Waals surface area contributed by atoms with Gasteiger partial charge < -0.3 is 5.32 Å². The molecule has 0 saturated carbocycles. The first-order valence-electron chi connectivity index (χ1n) is 5.28. The predicted octanol–water partition coefficient (Wildman–Crippen LogP) is 3.78. The van der Waals surface area contributed by atoms with Gasteiger partial charge in [0.2, 0.25) is 0 Å². The zero-order valence-corrected chi connectivity index (χ0v) is 10.7. The summed E-state index contributed by atoms with van der Waals surface area (Å²) in [5.41, 5.74) is 1.13. The van der Waals surface area contributed by atoms with E-state index in [1.54, 1.807) is 0 Å². The first-order chi connectivity index (χ1) is 7.15. The van der Waals surface area contributed by atoms with E-state index < -0.39 is 0 Å². The Morgan fingerprint density at radius 3 is 2.73 bits per heavy atom. The Kier molecular flexibility index (Phi) is 5.44. The molecule has 0 amide bonds. The molecule has 0 aliphatic carbocycles. The van der Waals surface area contributed by atoms with Crippen molar-refractivity contribution in [2.24, 2.45) is 5.92 Å². The van der Waals surface area contributed by atoms with Crippen LogP contribution in [0.4, 0.5) is 0 Å². The molecule has 3 heteroatoms. The smallest absolute Gasteiger partial charge is 0.0624 e. The second-order valence-electron chi connectivity index (χ2n) is 3.83. The molecule has 0 bridgehead atoms. The van der Waals surface area contributed by atoms with Crippen molar-refractivity contribution >= 4 is 23.2 Å². The van der Waals surface area contributed by atoms with E-state index in [0.717, 1.165) is 25.1 Å². The van der Waals surface area contributed by atoms with Gasteiger partial charge in [0.05, 0.1) is 10.0 Å². The minimum Gasteiger partial charge on any atom is -0.317 e. The van der Waals surface area contributed by atoms with Crippen LogP contribution in [0.2, 0.25) is 10.0 Å². The molecule has 1 aromatic rings. The molecule has 0 radical (unpaired) electrons. The summed E-state index contributed by atoms with van der Waals surface area (Å²) in [4.78, 5) is 0. The summed E-state index contributed by atoms with van der Waals surface area (Å²) in [6.45, 7) is 6.34. The van der Waals surface area contributed by atoms with Crippen molar-refractivity contribution in [3.63, 3.8) is 0 Å². The van der Waals surface area contributed by atoms with E-state index in [4.69, 9.17) is 23.2 Å². The Morgan fingerprint density at radius 1 is 1.33 bits per heavy atom. The highest BCUT2D eigenvalue weighted by Gasteiger charge is 2.08. The number of benzene rings is 1. The zero-order valence-electron chi connectivity index (χ0n) is 9.19. The molecule has 0 saturated heterocycles. The number of hydrogen-bond donors (Lipinski definition) is 1. The lowest BCUT2D eigenvalue weighted by Gasteiger charge is -2.13. The van der Waals surface area contributed by atoms with E-state index in [2.05, 4.69) is 19.2 Å². The van der Waals surface area contributed by atoms with Crippen molar-refractivity contribution in [1.29, 1.82) is 0 Å². The van der Waals surface area contributed by atoms with Gasteiger partial charge in [-0.2, -0.15) is 0 Å². The maximum Gasteiger partial charge on any atom is 0.0624 e. The van der Waals surface area contributed by atoms with Gasteiger partial charge in [0.1, 0.15) is 0 Å². The van der Waals surface area contributed by atoms with Crippen LogP contribution >= 0.6 is 23.2 Å². The van der Waals surface area contributed by atoms with Crippen molar-refractivity contribution in [3.05, 3.63) is 33.8 Å². The number of rotatable bonds is 5. The summed E-state index contributed by atoms with van der Waals surface area (Å²) in [6, 6.07) is 5.81. The number of halogens is 2. The third-order valence-corrected chi connectivity index (χ3v) is 3.20. The van der Waals surface area contributed by atoms with Crippen LogP contribution in [-0.2, 0) is 6.42 Å². The molecule has 1 atom stereocenters. The van der Waals surface area contributed by atoms with Gasteiger partial charge in [-0.05, 0) is 37.1 Å². The normalized spacial score (nSPS) is 12.8. The lowest BCUT2D eigenvalue weighted by atomic mass is 10.0. The number of hydrogen-bond acceptors (Lipinski definition) is 1. The quantitative estimate of drug-likeness (QED) is 0.833. The van der Waals surface area contributed by atoms with Crippen molar-refractivity contribution in [2.45, 2.75) is 20.3 Å². The molecule has 0 spiro atoms. The molecule has 1 aromatic carbocycles. The van der Waals surface area contributed by atoms with E-state index in [0.29, 0.717) is 16.0 Å². The SMILES string of the molecule is CCNCC(C)Cc1cccc(Cl)c1Cl. The van der Waals surface area contributed by atoms with Crippen LogP contribution in [-0.4, -0.2) is 13.1 Å². The molecule has 1 nitrogen and oxygen atoms in total. The van der Waals surface area contributed by atoms with Gasteiger partial charge in [-0.1, -0.05) is 49.2 Å². The van der Waals surface area contributed by atoms with Crippen molar-refractivity contribution in [1.82, 2.24) is 5.32 Å². The highest BCUT2D eigenvalue weighted by atomic mass is 35.5. The summed E-state index contributed by atoms with van der Waals surface area (Å²) in [5.74, 6) is 0.570. The van der Waals surface area contributed by atoms with Crippen molar-refractivity contribution < 1.29 is 0 Å². The fourth-order valence-electron chi connectivity index (χ4n) is 1.54. The second kappa shape index (κ2) is 6.37. The fraction of sp³-hybridized carbons (Fsp3) is 0.500. The molecule has 84 valence electrons. The zero-order chi connectivity index (χ0) is 11.3. The van der Waals surface area contributed by atoms with Gasteiger partial charge in [0.25, 0.3) is 0 Å². The maximum atomic E-state index is 6.12. The summed E-state index contributed by atoms with van der Waals surface area (Å²) in [7, 11) is 0. The number of nitrogens with one attached hydrogen (secondary N) is 1. The highest BCUT2D eigenvalue weighted by Crippen LogP contribution is 2.27. The molecule has 15 heavy (non-hydrogen) atoms. The molecular formula is C12H17Cl2N. The van der Waals surface area contributed by atoms with Gasteiger partial charge >= 0.3 is 0 Å². The molecule has 0 heterocycles.